The predicted octanol–water partition coefficient (Wildman–Crippen LogP) is 4.90. The normalized spacial score (nSPS) is 12.8. The second-order valence-electron chi connectivity index (χ2n) is 7.04. The van der Waals surface area contributed by atoms with Crippen LogP contribution in [0.15, 0.2) is 10.5 Å². The Morgan fingerprint density at radius 3 is 2.00 bits per heavy atom. The molecule has 0 saturated carbocycles. The number of benzene rings is 1. The SMILES string of the molecule is COCc1c(C(C)(C)C)cc(Br)c(O)c1C(C)(C)C. The van der Waals surface area contributed by atoms with Crippen LogP contribution in [0.5, 0.6) is 5.75 Å². The fraction of sp³-hybridized carbons (Fsp3) is 0.625. The van der Waals surface area contributed by atoms with Gasteiger partial charge >= 0.3 is 0 Å². The zero-order valence-electron chi connectivity index (χ0n) is 13.0. The minimum Gasteiger partial charge on any atom is -0.506 e. The van der Waals surface area contributed by atoms with E-state index in [0.717, 1.165) is 15.6 Å². The Labute approximate surface area is 125 Å². The molecule has 0 aromatic heterocycles. The summed E-state index contributed by atoms with van der Waals surface area (Å²) in [6.07, 6.45) is 0. The van der Waals surface area contributed by atoms with E-state index in [1.54, 1.807) is 7.11 Å². The lowest BCUT2D eigenvalue weighted by Crippen LogP contribution is -2.22. The average molecular weight is 329 g/mol. The van der Waals surface area contributed by atoms with Crippen molar-refractivity contribution < 1.29 is 9.84 Å². The summed E-state index contributed by atoms with van der Waals surface area (Å²) in [6.45, 7) is 13.4. The lowest BCUT2D eigenvalue weighted by molar-refractivity contribution is 0.180. The average Bonchev–Trinajstić information content (AvgIpc) is 2.20. The Bertz CT molecular complexity index is 465. The molecule has 1 aromatic carbocycles. The van der Waals surface area contributed by atoms with Gasteiger partial charge in [-0.2, -0.15) is 0 Å². The molecule has 0 radical (unpaired) electrons. The van der Waals surface area contributed by atoms with E-state index in [9.17, 15) is 5.11 Å². The highest BCUT2D eigenvalue weighted by Crippen LogP contribution is 2.43. The molecule has 0 fully saturated rings. The number of halogens is 1. The summed E-state index contributed by atoms with van der Waals surface area (Å²) in [5, 5.41) is 10.4. The van der Waals surface area contributed by atoms with E-state index >= 15 is 0 Å². The van der Waals surface area contributed by atoms with Crippen molar-refractivity contribution >= 4 is 15.9 Å². The summed E-state index contributed by atoms with van der Waals surface area (Å²) >= 11 is 3.48. The summed E-state index contributed by atoms with van der Waals surface area (Å²) in [5.74, 6) is 0.326. The summed E-state index contributed by atoms with van der Waals surface area (Å²) in [6, 6.07) is 2.01. The monoisotopic (exact) mass is 328 g/mol. The Morgan fingerprint density at radius 2 is 1.63 bits per heavy atom. The third-order valence-corrected chi connectivity index (χ3v) is 3.81. The van der Waals surface area contributed by atoms with Crippen molar-refractivity contribution in [3.05, 3.63) is 27.2 Å². The molecule has 0 unspecified atom stereocenters. The summed E-state index contributed by atoms with van der Waals surface area (Å²) in [4.78, 5) is 0. The number of aromatic hydroxyl groups is 1. The molecule has 0 aliphatic carbocycles. The maximum Gasteiger partial charge on any atom is 0.133 e. The van der Waals surface area contributed by atoms with E-state index in [1.165, 1.54) is 5.56 Å². The van der Waals surface area contributed by atoms with Gasteiger partial charge in [-0.25, -0.2) is 0 Å². The van der Waals surface area contributed by atoms with Crippen LogP contribution < -0.4 is 0 Å². The first kappa shape index (κ1) is 16.5. The Balaban J connectivity index is 3.73. The molecular formula is C16H25BrO2. The number of ether oxygens (including phenoxy) is 1. The molecule has 0 spiro atoms. The van der Waals surface area contributed by atoms with Gasteiger partial charge in [0.1, 0.15) is 5.75 Å². The Kier molecular flexibility index (Phi) is 4.74. The summed E-state index contributed by atoms with van der Waals surface area (Å²) in [5.41, 5.74) is 3.15. The molecule has 0 amide bonds. The van der Waals surface area contributed by atoms with Crippen molar-refractivity contribution in [3.63, 3.8) is 0 Å². The smallest absolute Gasteiger partial charge is 0.133 e. The summed E-state index contributed by atoms with van der Waals surface area (Å²) in [7, 11) is 1.69. The van der Waals surface area contributed by atoms with E-state index in [4.69, 9.17) is 4.74 Å². The quantitative estimate of drug-likeness (QED) is 0.836. The van der Waals surface area contributed by atoms with Crippen LogP contribution in [-0.2, 0) is 22.2 Å². The predicted molar refractivity (Wildman–Crippen MR) is 83.9 cm³/mol. The van der Waals surface area contributed by atoms with E-state index in [0.29, 0.717) is 12.4 Å². The Hall–Kier alpha value is -0.540. The molecule has 0 aliphatic rings. The number of phenols is 1. The third-order valence-electron chi connectivity index (χ3n) is 3.21. The number of hydrogen-bond donors (Lipinski definition) is 1. The van der Waals surface area contributed by atoms with Crippen LogP contribution in [0.4, 0.5) is 0 Å². The van der Waals surface area contributed by atoms with Gasteiger partial charge in [0.25, 0.3) is 0 Å². The fourth-order valence-corrected chi connectivity index (χ4v) is 2.88. The van der Waals surface area contributed by atoms with Crippen molar-refractivity contribution in [2.24, 2.45) is 0 Å². The molecule has 1 rings (SSSR count). The maximum atomic E-state index is 10.4. The van der Waals surface area contributed by atoms with Crippen LogP contribution in [0, 0.1) is 0 Å². The van der Waals surface area contributed by atoms with Crippen molar-refractivity contribution in [2.75, 3.05) is 7.11 Å². The second-order valence-corrected chi connectivity index (χ2v) is 7.90. The van der Waals surface area contributed by atoms with Gasteiger partial charge < -0.3 is 9.84 Å². The van der Waals surface area contributed by atoms with Gasteiger partial charge in [0.05, 0.1) is 11.1 Å². The zero-order chi connectivity index (χ0) is 15.0. The standard InChI is InChI=1S/C16H25BrO2/c1-15(2,3)11-8-12(17)14(18)13(16(4,5)6)10(11)9-19-7/h8,18H,9H2,1-7H3. The minimum absolute atomic E-state index is 0.00405. The lowest BCUT2D eigenvalue weighted by atomic mass is 9.76. The van der Waals surface area contributed by atoms with Crippen LogP contribution in [0.1, 0.15) is 58.2 Å². The van der Waals surface area contributed by atoms with Crippen LogP contribution in [0.25, 0.3) is 0 Å². The van der Waals surface area contributed by atoms with E-state index < -0.39 is 0 Å². The van der Waals surface area contributed by atoms with Crippen molar-refractivity contribution in [1.82, 2.24) is 0 Å². The molecule has 0 aliphatic heterocycles. The van der Waals surface area contributed by atoms with Gasteiger partial charge in [-0.1, -0.05) is 41.5 Å². The number of rotatable bonds is 2. The molecule has 2 nitrogen and oxygen atoms in total. The van der Waals surface area contributed by atoms with Crippen LogP contribution >= 0.6 is 15.9 Å². The zero-order valence-corrected chi connectivity index (χ0v) is 14.6. The molecule has 19 heavy (non-hydrogen) atoms. The molecule has 0 saturated heterocycles. The van der Waals surface area contributed by atoms with E-state index in [2.05, 4.69) is 57.5 Å². The number of phenolic OH excluding ortho intramolecular Hbond substituents is 1. The van der Waals surface area contributed by atoms with Gasteiger partial charge in [0.15, 0.2) is 0 Å². The highest BCUT2D eigenvalue weighted by molar-refractivity contribution is 9.10. The largest absolute Gasteiger partial charge is 0.506 e. The van der Waals surface area contributed by atoms with Crippen molar-refractivity contribution in [3.8, 4) is 5.75 Å². The molecule has 0 heterocycles. The Morgan fingerprint density at radius 1 is 1.11 bits per heavy atom. The number of hydrogen-bond acceptors (Lipinski definition) is 2. The van der Waals surface area contributed by atoms with E-state index in [1.807, 2.05) is 6.07 Å². The first-order chi connectivity index (χ1) is 8.50. The third kappa shape index (κ3) is 3.51. The van der Waals surface area contributed by atoms with Gasteiger partial charge in [-0.05, 0) is 44.0 Å². The van der Waals surface area contributed by atoms with Gasteiger partial charge in [-0.15, -0.1) is 0 Å². The fourth-order valence-electron chi connectivity index (χ4n) is 2.45. The summed E-state index contributed by atoms with van der Waals surface area (Å²) < 4.78 is 6.12. The topological polar surface area (TPSA) is 29.5 Å². The molecule has 0 bridgehead atoms. The highest BCUT2D eigenvalue weighted by Gasteiger charge is 2.29. The van der Waals surface area contributed by atoms with Crippen LogP contribution in [0.3, 0.4) is 0 Å². The minimum atomic E-state index is -0.137. The molecule has 1 N–H and O–H groups in total. The van der Waals surface area contributed by atoms with Crippen LogP contribution in [0.2, 0.25) is 0 Å². The molecule has 108 valence electrons. The first-order valence-electron chi connectivity index (χ1n) is 6.54. The maximum absolute atomic E-state index is 10.4. The van der Waals surface area contributed by atoms with Crippen molar-refractivity contribution in [2.45, 2.75) is 59.0 Å². The van der Waals surface area contributed by atoms with E-state index in [-0.39, 0.29) is 10.8 Å². The van der Waals surface area contributed by atoms with Gasteiger partial charge in [-0.3, -0.25) is 0 Å². The second kappa shape index (κ2) is 5.45. The molecule has 1 aromatic rings. The van der Waals surface area contributed by atoms with Gasteiger partial charge in [0.2, 0.25) is 0 Å². The number of methoxy groups -OCH3 is 1. The first-order valence-corrected chi connectivity index (χ1v) is 7.33. The van der Waals surface area contributed by atoms with Crippen molar-refractivity contribution in [1.29, 1.82) is 0 Å². The lowest BCUT2D eigenvalue weighted by Gasteiger charge is -2.31. The molecular weight excluding hydrogens is 304 g/mol. The molecule has 0 atom stereocenters. The van der Waals surface area contributed by atoms with Crippen LogP contribution in [-0.4, -0.2) is 12.2 Å². The van der Waals surface area contributed by atoms with Gasteiger partial charge in [0, 0.05) is 12.7 Å². The molecule has 3 heteroatoms. The highest BCUT2D eigenvalue weighted by atomic mass is 79.9.